The predicted octanol–water partition coefficient (Wildman–Crippen LogP) is 3.69. The number of rotatable bonds is 2. The van der Waals surface area contributed by atoms with E-state index in [0.717, 1.165) is 6.07 Å². The van der Waals surface area contributed by atoms with Gasteiger partial charge >= 0.3 is 12.3 Å². The van der Waals surface area contributed by atoms with Crippen molar-refractivity contribution in [3.05, 3.63) is 35.4 Å². The molecule has 1 aromatic rings. The summed E-state index contributed by atoms with van der Waals surface area (Å²) < 4.78 is 44.1. The van der Waals surface area contributed by atoms with Gasteiger partial charge in [-0.25, -0.2) is 4.79 Å². The van der Waals surface area contributed by atoms with Gasteiger partial charge in [0, 0.05) is 0 Å². The molecular formula is C14H15F3N2O2. The molecule has 0 aliphatic rings. The van der Waals surface area contributed by atoms with Gasteiger partial charge in [0.2, 0.25) is 0 Å². The minimum atomic E-state index is -4.70. The highest BCUT2D eigenvalue weighted by molar-refractivity contribution is 5.68. The Balaban J connectivity index is 3.02. The molecule has 7 heteroatoms. The van der Waals surface area contributed by atoms with Gasteiger partial charge in [-0.05, 0) is 38.5 Å². The van der Waals surface area contributed by atoms with Crippen LogP contribution in [0.5, 0.6) is 0 Å². The normalized spacial score (nSPS) is 13.2. The van der Waals surface area contributed by atoms with Crippen molar-refractivity contribution in [3.63, 3.8) is 0 Å². The fourth-order valence-electron chi connectivity index (χ4n) is 1.57. The van der Waals surface area contributed by atoms with Gasteiger partial charge in [-0.3, -0.25) is 0 Å². The summed E-state index contributed by atoms with van der Waals surface area (Å²) in [5, 5.41) is 10.5. The van der Waals surface area contributed by atoms with Crippen molar-refractivity contribution in [1.82, 2.24) is 5.32 Å². The summed E-state index contributed by atoms with van der Waals surface area (Å²) >= 11 is 0. The molecule has 1 N–H and O–H groups in total. The Morgan fingerprint density at radius 3 is 2.43 bits per heavy atom. The fraction of sp³-hybridized carbons (Fsp3) is 0.429. The lowest BCUT2D eigenvalue weighted by Gasteiger charge is -2.25. The lowest BCUT2D eigenvalue weighted by Crippen LogP contribution is -2.41. The van der Waals surface area contributed by atoms with Gasteiger partial charge in [0.05, 0.1) is 11.6 Å². The molecule has 0 saturated heterocycles. The van der Waals surface area contributed by atoms with E-state index in [-0.39, 0.29) is 11.1 Å². The highest BCUT2D eigenvalue weighted by atomic mass is 19.4. The molecule has 4 nitrogen and oxygen atoms in total. The van der Waals surface area contributed by atoms with Crippen LogP contribution in [-0.2, 0) is 4.74 Å². The van der Waals surface area contributed by atoms with E-state index in [1.807, 2.05) is 0 Å². The molecule has 114 valence electrons. The number of amides is 1. The van der Waals surface area contributed by atoms with Crippen LogP contribution in [0.2, 0.25) is 0 Å². The largest absolute Gasteiger partial charge is 0.444 e. The third-order valence-corrected chi connectivity index (χ3v) is 2.34. The Hall–Kier alpha value is -2.23. The molecule has 0 heterocycles. The Labute approximate surface area is 120 Å². The summed E-state index contributed by atoms with van der Waals surface area (Å²) in [6.45, 7) is 4.64. The Morgan fingerprint density at radius 1 is 1.33 bits per heavy atom. The molecule has 1 aromatic carbocycles. The van der Waals surface area contributed by atoms with E-state index >= 15 is 0 Å². The number of alkyl carbamates (subject to hydrolysis) is 1. The lowest BCUT2D eigenvalue weighted by molar-refractivity contribution is -0.156. The molecule has 1 rings (SSSR count). The smallest absolute Gasteiger partial charge is 0.412 e. The van der Waals surface area contributed by atoms with Crippen molar-refractivity contribution in [2.24, 2.45) is 0 Å². The minimum absolute atomic E-state index is 0.0766. The summed E-state index contributed by atoms with van der Waals surface area (Å²) in [6.07, 6.45) is -5.88. The zero-order valence-electron chi connectivity index (χ0n) is 11.8. The molecule has 0 aromatic heterocycles. The maximum Gasteiger partial charge on any atom is 0.412 e. The number of carbonyl (C=O) groups excluding carboxylic acids is 1. The molecule has 0 aliphatic heterocycles. The molecule has 0 aliphatic carbocycles. The maximum absolute atomic E-state index is 13.1. The summed E-state index contributed by atoms with van der Waals surface area (Å²) in [4.78, 5) is 11.5. The zero-order valence-corrected chi connectivity index (χ0v) is 11.8. The monoisotopic (exact) mass is 300 g/mol. The summed E-state index contributed by atoms with van der Waals surface area (Å²) in [6, 6.07) is 4.49. The van der Waals surface area contributed by atoms with Crippen LogP contribution in [0.25, 0.3) is 0 Å². The van der Waals surface area contributed by atoms with E-state index in [9.17, 15) is 18.0 Å². The van der Waals surface area contributed by atoms with Gasteiger partial charge in [0.1, 0.15) is 5.60 Å². The van der Waals surface area contributed by atoms with E-state index in [4.69, 9.17) is 10.00 Å². The first-order chi connectivity index (χ1) is 9.53. The summed E-state index contributed by atoms with van der Waals surface area (Å²) in [5.41, 5.74) is -1.06. The van der Waals surface area contributed by atoms with Crippen LogP contribution in [-0.4, -0.2) is 17.9 Å². The average molecular weight is 300 g/mol. The number of ether oxygens (including phenoxy) is 1. The second kappa shape index (κ2) is 6.04. The second-order valence-electron chi connectivity index (χ2n) is 5.36. The topological polar surface area (TPSA) is 62.1 Å². The number of nitrogens with zero attached hydrogens (tertiary/aromatic N) is 1. The van der Waals surface area contributed by atoms with Gasteiger partial charge in [-0.2, -0.15) is 18.4 Å². The number of halogens is 3. The number of hydrogen-bond acceptors (Lipinski definition) is 3. The highest BCUT2D eigenvalue weighted by Crippen LogP contribution is 2.33. The van der Waals surface area contributed by atoms with Crippen LogP contribution >= 0.6 is 0 Å². The fourth-order valence-corrected chi connectivity index (χ4v) is 1.57. The van der Waals surface area contributed by atoms with Crippen molar-refractivity contribution in [3.8, 4) is 6.07 Å². The summed E-state index contributed by atoms with van der Waals surface area (Å²) in [5.74, 6) is 0. The van der Waals surface area contributed by atoms with Gasteiger partial charge < -0.3 is 10.1 Å². The quantitative estimate of drug-likeness (QED) is 0.906. The van der Waals surface area contributed by atoms with Crippen LogP contribution < -0.4 is 5.32 Å². The van der Waals surface area contributed by atoms with Crippen molar-refractivity contribution in [2.45, 2.75) is 38.6 Å². The Morgan fingerprint density at radius 2 is 1.95 bits per heavy atom. The van der Waals surface area contributed by atoms with Crippen LogP contribution in [0.4, 0.5) is 18.0 Å². The Bertz CT molecular complexity index is 557. The molecule has 0 saturated carbocycles. The molecule has 21 heavy (non-hydrogen) atoms. The average Bonchev–Trinajstić information content (AvgIpc) is 2.32. The number of carbonyl (C=O) groups is 1. The molecule has 0 spiro atoms. The van der Waals surface area contributed by atoms with Crippen LogP contribution in [0.1, 0.15) is 37.9 Å². The van der Waals surface area contributed by atoms with Gasteiger partial charge in [0.25, 0.3) is 0 Å². The molecule has 0 fully saturated rings. The third-order valence-electron chi connectivity index (χ3n) is 2.34. The first kappa shape index (κ1) is 16.8. The number of alkyl halides is 3. The number of benzene rings is 1. The van der Waals surface area contributed by atoms with Crippen molar-refractivity contribution < 1.29 is 22.7 Å². The van der Waals surface area contributed by atoms with Gasteiger partial charge in [-0.15, -0.1) is 0 Å². The first-order valence-corrected chi connectivity index (χ1v) is 6.09. The lowest BCUT2D eigenvalue weighted by atomic mass is 10.0. The van der Waals surface area contributed by atoms with Crippen molar-refractivity contribution >= 4 is 6.09 Å². The molecule has 1 atom stereocenters. The van der Waals surface area contributed by atoms with E-state index in [1.54, 1.807) is 32.2 Å². The SMILES string of the molecule is CC(C)(C)OC(=O)NC(c1cccc(C#N)c1)C(F)(F)F. The van der Waals surface area contributed by atoms with E-state index in [0.29, 0.717) is 0 Å². The maximum atomic E-state index is 13.1. The van der Waals surface area contributed by atoms with Crippen LogP contribution in [0.15, 0.2) is 24.3 Å². The number of nitriles is 1. The van der Waals surface area contributed by atoms with E-state index < -0.39 is 23.9 Å². The van der Waals surface area contributed by atoms with Crippen LogP contribution in [0, 0.1) is 11.3 Å². The zero-order chi connectivity index (χ0) is 16.3. The molecule has 1 amide bonds. The van der Waals surface area contributed by atoms with Gasteiger partial charge in [0.15, 0.2) is 6.04 Å². The summed E-state index contributed by atoms with van der Waals surface area (Å²) in [7, 11) is 0. The highest BCUT2D eigenvalue weighted by Gasteiger charge is 2.42. The first-order valence-electron chi connectivity index (χ1n) is 6.09. The van der Waals surface area contributed by atoms with Crippen molar-refractivity contribution in [1.29, 1.82) is 5.26 Å². The third kappa shape index (κ3) is 5.34. The molecular weight excluding hydrogens is 285 g/mol. The molecule has 1 unspecified atom stereocenters. The Kier molecular flexibility index (Phi) is 4.84. The van der Waals surface area contributed by atoms with Crippen molar-refractivity contribution in [2.75, 3.05) is 0 Å². The predicted molar refractivity (Wildman–Crippen MR) is 69.3 cm³/mol. The van der Waals surface area contributed by atoms with E-state index in [1.165, 1.54) is 18.2 Å². The van der Waals surface area contributed by atoms with Crippen LogP contribution in [0.3, 0.4) is 0 Å². The van der Waals surface area contributed by atoms with Gasteiger partial charge in [-0.1, -0.05) is 12.1 Å². The standard InChI is InChI=1S/C14H15F3N2O2/c1-13(2,3)21-12(20)19-11(14(15,16)17)10-6-4-5-9(7-10)8-18/h4-7,11H,1-3H3,(H,19,20). The number of hydrogen-bond donors (Lipinski definition) is 1. The number of nitrogens with one attached hydrogen (secondary N) is 1. The molecule has 0 bridgehead atoms. The minimum Gasteiger partial charge on any atom is -0.444 e. The van der Waals surface area contributed by atoms with E-state index in [2.05, 4.69) is 0 Å². The second-order valence-corrected chi connectivity index (χ2v) is 5.36. The molecule has 0 radical (unpaired) electrons.